The fraction of sp³-hybridized carbons (Fsp3) is 0.846. The molecule has 3 unspecified atom stereocenters. The van der Waals surface area contributed by atoms with E-state index in [9.17, 15) is 14.7 Å². The number of nitrogens with zero attached hydrogens (tertiary/aromatic N) is 1. The summed E-state index contributed by atoms with van der Waals surface area (Å²) in [6.45, 7) is 0.560. The number of carbonyl (C=O) groups is 2. The fourth-order valence-electron chi connectivity index (χ4n) is 2.50. The topological polar surface area (TPSA) is 92.9 Å². The lowest BCUT2D eigenvalue weighted by molar-refractivity contribution is -0.150. The Bertz CT molecular complexity index is 375. The predicted octanol–water partition coefficient (Wildman–Crippen LogP) is 0.505. The smallest absolute Gasteiger partial charge is 0.327 e. The van der Waals surface area contributed by atoms with E-state index in [0.29, 0.717) is 31.1 Å². The van der Waals surface area contributed by atoms with Crippen LogP contribution in [-0.4, -0.2) is 58.8 Å². The molecule has 1 saturated heterocycles. The molecule has 1 aliphatic carbocycles. The molecule has 3 atom stereocenters. The second-order valence-corrected chi connectivity index (χ2v) is 6.55. The molecule has 3 N–H and O–H groups in total. The number of carbonyl (C=O) groups excluding carboxylic acids is 1. The van der Waals surface area contributed by atoms with E-state index in [4.69, 9.17) is 10.5 Å². The molecule has 0 aromatic rings. The third-order valence-electron chi connectivity index (χ3n) is 3.78. The summed E-state index contributed by atoms with van der Waals surface area (Å²) in [4.78, 5) is 25.3. The summed E-state index contributed by atoms with van der Waals surface area (Å²) >= 11 is 1.58. The number of nitrogens with two attached hydrogens (primary N) is 1. The predicted molar refractivity (Wildman–Crippen MR) is 76.3 cm³/mol. The molecule has 0 aromatic carbocycles. The molecule has 2 fully saturated rings. The average Bonchev–Trinajstić information content (AvgIpc) is 3.16. The number of amides is 1. The van der Waals surface area contributed by atoms with Crippen molar-refractivity contribution in [2.45, 2.75) is 43.1 Å². The van der Waals surface area contributed by atoms with E-state index in [0.717, 1.165) is 12.8 Å². The van der Waals surface area contributed by atoms with Gasteiger partial charge in [0.15, 0.2) is 0 Å². The molecule has 0 radical (unpaired) electrons. The number of carboxylic acid groups (broad SMARTS) is 1. The summed E-state index contributed by atoms with van der Waals surface area (Å²) in [5.74, 6) is -0.250. The van der Waals surface area contributed by atoms with Crippen LogP contribution in [0, 0.1) is 5.92 Å². The van der Waals surface area contributed by atoms with Gasteiger partial charge in [-0.2, -0.15) is 0 Å². The molecule has 1 aliphatic heterocycles. The van der Waals surface area contributed by atoms with Crippen molar-refractivity contribution in [1.82, 2.24) is 4.90 Å². The summed E-state index contributed by atoms with van der Waals surface area (Å²) in [6.07, 6.45) is 3.38. The van der Waals surface area contributed by atoms with Crippen molar-refractivity contribution in [2.75, 3.05) is 19.5 Å². The van der Waals surface area contributed by atoms with Crippen LogP contribution in [0.4, 0.5) is 0 Å². The Morgan fingerprint density at radius 3 is 2.75 bits per heavy atom. The number of hydrogen-bond donors (Lipinski definition) is 2. The summed E-state index contributed by atoms with van der Waals surface area (Å²) in [5, 5.41) is 9.28. The number of hydrogen-bond acceptors (Lipinski definition) is 5. The molecule has 6 nitrogen and oxygen atoms in total. The van der Waals surface area contributed by atoms with Crippen molar-refractivity contribution in [3.05, 3.63) is 0 Å². The Labute approximate surface area is 123 Å². The monoisotopic (exact) mass is 302 g/mol. The first-order chi connectivity index (χ1) is 9.56. The van der Waals surface area contributed by atoms with Crippen LogP contribution in [0.1, 0.15) is 25.7 Å². The number of aliphatic carboxylic acids is 1. The third-order valence-corrected chi connectivity index (χ3v) is 5.24. The van der Waals surface area contributed by atoms with E-state index in [-0.39, 0.29) is 11.3 Å². The van der Waals surface area contributed by atoms with E-state index < -0.39 is 18.1 Å². The largest absolute Gasteiger partial charge is 0.480 e. The highest BCUT2D eigenvalue weighted by atomic mass is 32.2. The normalized spacial score (nSPS) is 27.6. The maximum absolute atomic E-state index is 12.5. The van der Waals surface area contributed by atoms with Gasteiger partial charge in [-0.05, 0) is 31.6 Å². The van der Waals surface area contributed by atoms with E-state index in [2.05, 4.69) is 0 Å². The van der Waals surface area contributed by atoms with Gasteiger partial charge in [-0.15, -0.1) is 11.8 Å². The molecule has 1 saturated carbocycles. The van der Waals surface area contributed by atoms with E-state index in [1.807, 2.05) is 0 Å². The maximum atomic E-state index is 12.5. The van der Waals surface area contributed by atoms with Crippen LogP contribution in [0.3, 0.4) is 0 Å². The highest BCUT2D eigenvalue weighted by Crippen LogP contribution is 2.45. The van der Waals surface area contributed by atoms with Crippen LogP contribution < -0.4 is 5.73 Å². The van der Waals surface area contributed by atoms with Gasteiger partial charge in [-0.1, -0.05) is 0 Å². The van der Waals surface area contributed by atoms with Crippen LogP contribution in [0.2, 0.25) is 0 Å². The standard InChI is InChI=1S/C13H22N2O4S/c1-19-6-2-3-9(14)11(16)15-10(13(17)18)7-20-12(15)8-4-5-8/h8-10,12H,2-7,14H2,1H3,(H,17,18). The van der Waals surface area contributed by atoms with Gasteiger partial charge < -0.3 is 20.5 Å². The minimum atomic E-state index is -0.932. The molecular weight excluding hydrogens is 280 g/mol. The third kappa shape index (κ3) is 3.45. The second kappa shape index (κ2) is 6.78. The van der Waals surface area contributed by atoms with Crippen LogP contribution in [0.25, 0.3) is 0 Å². The lowest BCUT2D eigenvalue weighted by atomic mass is 10.1. The molecule has 7 heteroatoms. The summed E-state index contributed by atoms with van der Waals surface area (Å²) in [5.41, 5.74) is 5.93. The van der Waals surface area contributed by atoms with Crippen molar-refractivity contribution in [3.8, 4) is 0 Å². The Morgan fingerprint density at radius 1 is 1.50 bits per heavy atom. The van der Waals surface area contributed by atoms with Crippen LogP contribution >= 0.6 is 11.8 Å². The van der Waals surface area contributed by atoms with Crippen molar-refractivity contribution >= 4 is 23.6 Å². The average molecular weight is 302 g/mol. The number of ether oxygens (including phenoxy) is 1. The summed E-state index contributed by atoms with van der Waals surface area (Å²) < 4.78 is 4.95. The Morgan fingerprint density at radius 2 is 2.20 bits per heavy atom. The number of methoxy groups -OCH3 is 1. The van der Waals surface area contributed by atoms with Crippen molar-refractivity contribution < 1.29 is 19.4 Å². The quantitative estimate of drug-likeness (QED) is 0.666. The van der Waals surface area contributed by atoms with E-state index >= 15 is 0 Å². The lowest BCUT2D eigenvalue weighted by Gasteiger charge is -2.29. The van der Waals surface area contributed by atoms with Gasteiger partial charge in [0, 0.05) is 19.5 Å². The summed E-state index contributed by atoms with van der Waals surface area (Å²) in [7, 11) is 1.61. The van der Waals surface area contributed by atoms with Crippen molar-refractivity contribution in [1.29, 1.82) is 0 Å². The van der Waals surface area contributed by atoms with Gasteiger partial charge in [0.2, 0.25) is 5.91 Å². The van der Waals surface area contributed by atoms with Crippen LogP contribution in [0.5, 0.6) is 0 Å². The van der Waals surface area contributed by atoms with E-state index in [1.165, 1.54) is 4.90 Å². The molecule has 0 bridgehead atoms. The molecule has 2 rings (SSSR count). The molecule has 0 aromatic heterocycles. The zero-order chi connectivity index (χ0) is 14.7. The Balaban J connectivity index is 2.00. The minimum Gasteiger partial charge on any atom is -0.480 e. The van der Waals surface area contributed by atoms with Gasteiger partial charge in [-0.25, -0.2) is 4.79 Å². The lowest BCUT2D eigenvalue weighted by Crippen LogP contribution is -2.52. The zero-order valence-corrected chi connectivity index (χ0v) is 12.5. The van der Waals surface area contributed by atoms with Gasteiger partial charge in [0.05, 0.1) is 11.4 Å². The van der Waals surface area contributed by atoms with E-state index in [1.54, 1.807) is 18.9 Å². The van der Waals surface area contributed by atoms with Crippen LogP contribution in [-0.2, 0) is 14.3 Å². The Hall–Kier alpha value is -0.790. The van der Waals surface area contributed by atoms with Gasteiger partial charge in [0.1, 0.15) is 6.04 Å². The molecule has 1 heterocycles. The first-order valence-electron chi connectivity index (χ1n) is 6.97. The highest BCUT2D eigenvalue weighted by Gasteiger charge is 2.48. The van der Waals surface area contributed by atoms with Crippen LogP contribution in [0.15, 0.2) is 0 Å². The molecule has 2 aliphatic rings. The second-order valence-electron chi connectivity index (χ2n) is 5.40. The SMILES string of the molecule is COCCCC(N)C(=O)N1C(C(=O)O)CSC1C1CC1. The molecule has 0 spiro atoms. The first kappa shape index (κ1) is 15.6. The van der Waals surface area contributed by atoms with Crippen molar-refractivity contribution in [3.63, 3.8) is 0 Å². The minimum absolute atomic E-state index is 0.00271. The zero-order valence-electron chi connectivity index (χ0n) is 11.7. The fourth-order valence-corrected chi connectivity index (χ4v) is 4.14. The van der Waals surface area contributed by atoms with Gasteiger partial charge >= 0.3 is 5.97 Å². The molecule has 1 amide bonds. The Kier molecular flexibility index (Phi) is 5.29. The number of rotatable bonds is 7. The van der Waals surface area contributed by atoms with Gasteiger partial charge in [0.25, 0.3) is 0 Å². The first-order valence-corrected chi connectivity index (χ1v) is 8.02. The maximum Gasteiger partial charge on any atom is 0.327 e. The van der Waals surface area contributed by atoms with Gasteiger partial charge in [-0.3, -0.25) is 4.79 Å². The number of thioether (sulfide) groups is 1. The highest BCUT2D eigenvalue weighted by molar-refractivity contribution is 8.00. The number of carboxylic acids is 1. The molecular formula is C13H22N2O4S. The molecule has 114 valence electrons. The van der Waals surface area contributed by atoms with Crippen molar-refractivity contribution in [2.24, 2.45) is 11.7 Å². The summed E-state index contributed by atoms with van der Waals surface area (Å²) in [6, 6.07) is -1.36. The molecule has 20 heavy (non-hydrogen) atoms.